The second kappa shape index (κ2) is 9.08. The van der Waals surface area contributed by atoms with Gasteiger partial charge in [-0.3, -0.25) is 9.36 Å². The number of carbonyl (C=O) groups is 1. The van der Waals surface area contributed by atoms with Gasteiger partial charge in [-0.25, -0.2) is 0 Å². The average molecular weight is 455 g/mol. The second-order valence-corrected chi connectivity index (χ2v) is 11.1. The predicted molar refractivity (Wildman–Crippen MR) is 126 cm³/mol. The molecule has 0 radical (unpaired) electrons. The number of thioether (sulfide) groups is 1. The number of hydrogen-bond donors (Lipinski definition) is 1. The van der Waals surface area contributed by atoms with E-state index in [9.17, 15) is 4.79 Å². The van der Waals surface area contributed by atoms with Gasteiger partial charge in [0.2, 0.25) is 5.91 Å². The van der Waals surface area contributed by atoms with Gasteiger partial charge in [0.25, 0.3) is 0 Å². The third-order valence-corrected chi connectivity index (χ3v) is 8.70. The lowest BCUT2D eigenvalue weighted by atomic mass is 9.49. The first kappa shape index (κ1) is 21.8. The smallest absolute Gasteiger partial charge is 0.226 e. The first-order valence-electron chi connectivity index (χ1n) is 12.1. The molecule has 1 heterocycles. The molecular formula is C25H34N4O2S. The number of aromatic nitrogens is 3. The zero-order valence-corrected chi connectivity index (χ0v) is 20.0. The molecule has 32 heavy (non-hydrogen) atoms. The highest BCUT2D eigenvalue weighted by Gasteiger charge is 2.54. The highest BCUT2D eigenvalue weighted by molar-refractivity contribution is 7.99. The number of benzene rings is 1. The number of ether oxygens (including phenoxy) is 1. The Labute approximate surface area is 194 Å². The molecule has 4 fully saturated rings. The van der Waals surface area contributed by atoms with E-state index in [2.05, 4.69) is 27.0 Å². The van der Waals surface area contributed by atoms with Crippen molar-refractivity contribution in [1.29, 1.82) is 0 Å². The molecule has 1 N–H and O–H groups in total. The molecule has 0 unspecified atom stereocenters. The minimum Gasteiger partial charge on any atom is -0.495 e. The van der Waals surface area contributed by atoms with E-state index in [1.807, 2.05) is 24.3 Å². The summed E-state index contributed by atoms with van der Waals surface area (Å²) in [4.78, 5) is 13.5. The normalized spacial score (nSPS) is 28.1. The molecule has 172 valence electrons. The van der Waals surface area contributed by atoms with Gasteiger partial charge in [-0.2, -0.15) is 0 Å². The van der Waals surface area contributed by atoms with Crippen LogP contribution >= 0.6 is 11.8 Å². The van der Waals surface area contributed by atoms with Crippen molar-refractivity contribution >= 4 is 17.7 Å². The van der Waals surface area contributed by atoms with Crippen LogP contribution in [0.15, 0.2) is 29.4 Å². The number of carbonyl (C=O) groups excluding carboxylic acids is 1. The van der Waals surface area contributed by atoms with Gasteiger partial charge in [0, 0.05) is 11.2 Å². The molecule has 4 bridgehead atoms. The maximum atomic E-state index is 13.5. The van der Waals surface area contributed by atoms with Crippen LogP contribution < -0.4 is 10.1 Å². The Balaban J connectivity index is 1.37. The Kier molecular flexibility index (Phi) is 6.19. The van der Waals surface area contributed by atoms with E-state index in [0.29, 0.717) is 6.54 Å². The van der Waals surface area contributed by atoms with E-state index < -0.39 is 0 Å². The Morgan fingerprint density at radius 3 is 2.50 bits per heavy atom. The van der Waals surface area contributed by atoms with Crippen molar-refractivity contribution in [3.05, 3.63) is 30.1 Å². The van der Waals surface area contributed by atoms with Crippen molar-refractivity contribution in [3.8, 4) is 11.4 Å². The highest BCUT2D eigenvalue weighted by atomic mass is 32.2. The predicted octanol–water partition coefficient (Wildman–Crippen LogP) is 5.00. The van der Waals surface area contributed by atoms with Crippen LogP contribution in [0.25, 0.3) is 5.69 Å². The van der Waals surface area contributed by atoms with E-state index in [1.54, 1.807) is 18.9 Å². The van der Waals surface area contributed by atoms with Gasteiger partial charge in [-0.1, -0.05) is 37.2 Å². The van der Waals surface area contributed by atoms with Crippen molar-refractivity contribution < 1.29 is 9.53 Å². The van der Waals surface area contributed by atoms with Crippen molar-refractivity contribution in [2.75, 3.05) is 12.9 Å². The van der Waals surface area contributed by atoms with Crippen molar-refractivity contribution in [2.45, 2.75) is 70.0 Å². The van der Waals surface area contributed by atoms with Gasteiger partial charge in [0.05, 0.1) is 19.3 Å². The quantitative estimate of drug-likeness (QED) is 0.426. The lowest BCUT2D eigenvalue weighted by molar-refractivity contribution is -0.146. The zero-order chi connectivity index (χ0) is 22.1. The molecule has 4 saturated carbocycles. The summed E-state index contributed by atoms with van der Waals surface area (Å²) in [5, 5.41) is 13.1. The van der Waals surface area contributed by atoms with Crippen LogP contribution in [0.1, 0.15) is 64.1 Å². The summed E-state index contributed by atoms with van der Waals surface area (Å²) in [6.45, 7) is 2.58. The Hall–Kier alpha value is -2.02. The summed E-state index contributed by atoms with van der Waals surface area (Å²) >= 11 is 1.71. The van der Waals surface area contributed by atoms with Gasteiger partial charge in [0.15, 0.2) is 11.0 Å². The van der Waals surface area contributed by atoms with Crippen molar-refractivity contribution in [1.82, 2.24) is 20.1 Å². The van der Waals surface area contributed by atoms with Crippen LogP contribution in [0, 0.1) is 23.2 Å². The van der Waals surface area contributed by atoms with Crippen molar-refractivity contribution in [3.63, 3.8) is 0 Å². The third-order valence-electron chi connectivity index (χ3n) is 7.68. The van der Waals surface area contributed by atoms with Crippen LogP contribution in [0.4, 0.5) is 0 Å². The fourth-order valence-corrected chi connectivity index (χ4v) is 7.66. The molecule has 0 saturated heterocycles. The number of hydrogen-bond acceptors (Lipinski definition) is 5. The molecule has 4 aliphatic carbocycles. The second-order valence-electron chi connectivity index (χ2n) is 9.99. The van der Waals surface area contributed by atoms with Crippen molar-refractivity contribution in [2.24, 2.45) is 23.2 Å². The minimum atomic E-state index is -0.150. The van der Waals surface area contributed by atoms with Crippen LogP contribution in [-0.4, -0.2) is 33.5 Å². The number of rotatable bonds is 9. The zero-order valence-electron chi connectivity index (χ0n) is 19.2. The van der Waals surface area contributed by atoms with Crippen LogP contribution in [0.2, 0.25) is 0 Å². The molecule has 6 nitrogen and oxygen atoms in total. The maximum Gasteiger partial charge on any atom is 0.226 e. The van der Waals surface area contributed by atoms with Crippen LogP contribution in [-0.2, 0) is 11.3 Å². The van der Waals surface area contributed by atoms with Gasteiger partial charge < -0.3 is 10.1 Å². The molecule has 0 atom stereocenters. The van der Waals surface area contributed by atoms with E-state index in [-0.39, 0.29) is 11.3 Å². The van der Waals surface area contributed by atoms with Gasteiger partial charge in [0.1, 0.15) is 5.75 Å². The number of unbranched alkanes of at least 4 members (excludes halogenated alkanes) is 1. The van der Waals surface area contributed by atoms with E-state index in [0.717, 1.165) is 78.0 Å². The van der Waals surface area contributed by atoms with Crippen LogP contribution in [0.3, 0.4) is 0 Å². The van der Waals surface area contributed by atoms with Gasteiger partial charge >= 0.3 is 0 Å². The van der Waals surface area contributed by atoms with E-state index in [1.165, 1.54) is 19.3 Å². The molecule has 6 rings (SSSR count). The Morgan fingerprint density at radius 2 is 1.84 bits per heavy atom. The molecular weight excluding hydrogens is 420 g/mol. The highest BCUT2D eigenvalue weighted by Crippen LogP contribution is 2.60. The maximum absolute atomic E-state index is 13.5. The average Bonchev–Trinajstić information content (AvgIpc) is 3.19. The molecule has 1 aromatic carbocycles. The lowest BCUT2D eigenvalue weighted by Gasteiger charge is -2.55. The monoisotopic (exact) mass is 454 g/mol. The SMILES string of the molecule is CCCCSc1nnc(CNC(=O)C23CC4CC(CC(C4)C2)C3)n1-c1ccccc1OC. The standard InChI is InChI=1S/C25H34N4O2S/c1-3-4-9-32-24-28-27-22(29(24)20-7-5-6-8-21(20)31-2)16-26-23(30)25-13-17-10-18(14-25)12-19(11-17)15-25/h5-8,17-19H,3-4,9-16H2,1-2H3,(H,26,30). The molecule has 4 aliphatic rings. The summed E-state index contributed by atoms with van der Waals surface area (Å²) in [5.74, 6) is 5.02. The number of nitrogens with one attached hydrogen (secondary N) is 1. The summed E-state index contributed by atoms with van der Waals surface area (Å²) in [6.07, 6.45) is 9.50. The first-order valence-corrected chi connectivity index (χ1v) is 13.1. The van der Waals surface area contributed by atoms with Gasteiger partial charge in [-0.05, 0) is 74.8 Å². The van der Waals surface area contributed by atoms with E-state index in [4.69, 9.17) is 4.74 Å². The van der Waals surface area contributed by atoms with E-state index >= 15 is 0 Å². The molecule has 7 heteroatoms. The Bertz CT molecular complexity index is 937. The summed E-state index contributed by atoms with van der Waals surface area (Å²) in [6, 6.07) is 7.94. The summed E-state index contributed by atoms with van der Waals surface area (Å²) in [5.41, 5.74) is 0.765. The topological polar surface area (TPSA) is 69.0 Å². The van der Waals surface area contributed by atoms with Gasteiger partial charge in [-0.15, -0.1) is 10.2 Å². The number of para-hydroxylation sites is 2. The molecule has 0 spiro atoms. The molecule has 0 aliphatic heterocycles. The molecule has 1 aromatic heterocycles. The third kappa shape index (κ3) is 4.04. The molecule has 2 aromatic rings. The molecule has 1 amide bonds. The summed E-state index contributed by atoms with van der Waals surface area (Å²) in [7, 11) is 1.68. The number of amides is 1. The number of nitrogens with zero attached hydrogens (tertiary/aromatic N) is 3. The summed E-state index contributed by atoms with van der Waals surface area (Å²) < 4.78 is 7.68. The first-order chi connectivity index (χ1) is 15.6. The number of methoxy groups -OCH3 is 1. The fourth-order valence-electron chi connectivity index (χ4n) is 6.61. The Morgan fingerprint density at radius 1 is 1.16 bits per heavy atom. The lowest BCUT2D eigenvalue weighted by Crippen LogP contribution is -2.53. The largest absolute Gasteiger partial charge is 0.495 e. The fraction of sp³-hybridized carbons (Fsp3) is 0.640. The van der Waals surface area contributed by atoms with Crippen LogP contribution in [0.5, 0.6) is 5.75 Å². The minimum absolute atomic E-state index is 0.150.